The van der Waals surface area contributed by atoms with Gasteiger partial charge in [0.05, 0.1) is 17.8 Å². The molecule has 0 fully saturated rings. The van der Waals surface area contributed by atoms with Crippen LogP contribution in [0.4, 0.5) is 0 Å². The van der Waals surface area contributed by atoms with Crippen molar-refractivity contribution in [1.29, 1.82) is 5.26 Å². The van der Waals surface area contributed by atoms with Gasteiger partial charge in [-0.1, -0.05) is 0 Å². The number of amides is 1. The van der Waals surface area contributed by atoms with E-state index < -0.39 is 5.91 Å². The summed E-state index contributed by atoms with van der Waals surface area (Å²) in [5.41, 5.74) is 12.3. The maximum Gasteiger partial charge on any atom is 0.267 e. The Morgan fingerprint density at radius 1 is 1.40 bits per heavy atom. The number of primary amides is 1. The third kappa shape index (κ3) is 3.95. The Hall–Kier alpha value is -4.27. The van der Waals surface area contributed by atoms with Gasteiger partial charge in [0.25, 0.3) is 5.91 Å². The van der Waals surface area contributed by atoms with Crippen molar-refractivity contribution < 1.29 is 9.90 Å². The second kappa shape index (κ2) is 8.39. The van der Waals surface area contributed by atoms with Crippen LogP contribution in [0.15, 0.2) is 28.7 Å². The lowest BCUT2D eigenvalue weighted by molar-refractivity contribution is 0.0996. The molecule has 0 unspecified atom stereocenters. The largest absolute Gasteiger partial charge is 0.504 e. The summed E-state index contributed by atoms with van der Waals surface area (Å²) in [4.78, 5) is 24.7. The molecule has 154 valence electrons. The lowest BCUT2D eigenvalue weighted by Crippen LogP contribution is -2.14. The van der Waals surface area contributed by atoms with E-state index in [4.69, 9.17) is 16.7 Å². The second-order valence-electron chi connectivity index (χ2n) is 6.45. The monoisotopic (exact) mass is 408 g/mol. The molecule has 0 saturated carbocycles. The third-order valence-electron chi connectivity index (χ3n) is 4.23. The van der Waals surface area contributed by atoms with E-state index in [9.17, 15) is 9.90 Å². The van der Waals surface area contributed by atoms with Crippen LogP contribution in [0.1, 0.15) is 36.1 Å². The van der Waals surface area contributed by atoms with Gasteiger partial charge in [-0.2, -0.15) is 15.5 Å². The van der Waals surface area contributed by atoms with Crippen molar-refractivity contribution in [3.63, 3.8) is 0 Å². The molecular weight excluding hydrogens is 388 g/mol. The van der Waals surface area contributed by atoms with E-state index in [1.807, 2.05) is 6.07 Å². The van der Waals surface area contributed by atoms with Gasteiger partial charge in [-0.3, -0.25) is 19.6 Å². The fraction of sp³-hybridized carbons (Fsp3) is 0.278. The molecule has 0 radical (unpaired) electrons. The predicted octanol–water partition coefficient (Wildman–Crippen LogP) is 0.693. The number of carbonyl (C=O) groups excluding carboxylic acids is 1. The quantitative estimate of drug-likeness (QED) is 0.248. The highest BCUT2D eigenvalue weighted by Crippen LogP contribution is 2.25. The Kier molecular flexibility index (Phi) is 5.73. The third-order valence-corrected chi connectivity index (χ3v) is 4.23. The molecule has 0 aliphatic carbocycles. The van der Waals surface area contributed by atoms with Gasteiger partial charge in [0, 0.05) is 31.1 Å². The number of aryl methyl sites for hydroxylation is 1. The summed E-state index contributed by atoms with van der Waals surface area (Å²) in [6, 6.07) is 3.57. The highest BCUT2D eigenvalue weighted by molar-refractivity contribution is 6.09. The minimum atomic E-state index is -0.700. The van der Waals surface area contributed by atoms with Crippen LogP contribution in [0.2, 0.25) is 0 Å². The fourth-order valence-electron chi connectivity index (χ4n) is 2.71. The molecule has 0 spiro atoms. The first kappa shape index (κ1) is 20.5. The van der Waals surface area contributed by atoms with E-state index in [1.165, 1.54) is 13.0 Å². The summed E-state index contributed by atoms with van der Waals surface area (Å²) >= 11 is 0. The number of pyridine rings is 1. The number of nitrogens with two attached hydrogens (primary N) is 2. The van der Waals surface area contributed by atoms with E-state index in [2.05, 4.69) is 30.3 Å². The van der Waals surface area contributed by atoms with E-state index in [1.54, 1.807) is 17.9 Å². The minimum absolute atomic E-state index is 0.0402. The first-order valence-corrected chi connectivity index (χ1v) is 8.96. The summed E-state index contributed by atoms with van der Waals surface area (Å²) in [5, 5.41) is 30.7. The number of aliphatic imine (C=N–C) groups is 1. The first-order valence-electron chi connectivity index (χ1n) is 8.96. The summed E-state index contributed by atoms with van der Waals surface area (Å²) in [5.74, 6) is -0.625. The molecule has 0 aliphatic heterocycles. The molecule has 0 aliphatic rings. The number of H-pyrrole nitrogens is 1. The highest BCUT2D eigenvalue weighted by atomic mass is 16.3. The van der Waals surface area contributed by atoms with Gasteiger partial charge in [-0.05, 0) is 19.4 Å². The fourth-order valence-corrected chi connectivity index (χ4v) is 2.71. The van der Waals surface area contributed by atoms with Crippen LogP contribution in [-0.4, -0.2) is 53.2 Å². The van der Waals surface area contributed by atoms with Crippen molar-refractivity contribution in [2.75, 3.05) is 6.54 Å². The predicted molar refractivity (Wildman–Crippen MR) is 108 cm³/mol. The molecule has 0 aromatic carbocycles. The van der Waals surface area contributed by atoms with Crippen molar-refractivity contribution in [3.05, 3.63) is 35.2 Å². The Labute approximate surface area is 170 Å². The van der Waals surface area contributed by atoms with Crippen LogP contribution < -0.4 is 11.5 Å². The Morgan fingerprint density at radius 3 is 2.83 bits per heavy atom. The summed E-state index contributed by atoms with van der Waals surface area (Å²) < 4.78 is 1.58. The van der Waals surface area contributed by atoms with Crippen LogP contribution in [-0.2, 0) is 7.05 Å². The standard InChI is InChI=1S/C18H20N10O2/c1-9(20)15(29)14(22-6-4-3-5-19)18-25-17(26-27-18)13-10-8-23-28(2)12(10)7-11(24-13)16(21)30/h7-8,29H,3-4,6,20H2,1-2H3,(H2,21,30)(H,25,26,27). The number of aromatic nitrogens is 6. The average molecular weight is 408 g/mol. The zero-order chi connectivity index (χ0) is 21.8. The number of allylic oxidation sites excluding steroid dienone is 2. The number of aromatic amines is 1. The van der Waals surface area contributed by atoms with E-state index >= 15 is 0 Å². The lowest BCUT2D eigenvalue weighted by Gasteiger charge is -2.04. The van der Waals surface area contributed by atoms with Crippen LogP contribution in [0.3, 0.4) is 0 Å². The van der Waals surface area contributed by atoms with Gasteiger partial charge in [0.15, 0.2) is 11.6 Å². The number of nitrogens with zero attached hydrogens (tertiary/aromatic N) is 7. The highest BCUT2D eigenvalue weighted by Gasteiger charge is 2.21. The summed E-state index contributed by atoms with van der Waals surface area (Å²) in [6.07, 6.45) is 2.42. The number of unbranched alkanes of at least 4 members (excludes halogenated alkanes) is 1. The molecule has 12 nitrogen and oxygen atoms in total. The van der Waals surface area contributed by atoms with Crippen LogP contribution in [0.5, 0.6) is 0 Å². The molecule has 30 heavy (non-hydrogen) atoms. The average Bonchev–Trinajstić information content (AvgIpc) is 3.34. The topological polar surface area (TPSA) is 198 Å². The van der Waals surface area contributed by atoms with Crippen LogP contribution in [0.25, 0.3) is 22.4 Å². The summed E-state index contributed by atoms with van der Waals surface area (Å²) in [6.45, 7) is 1.81. The number of carbonyl (C=O) groups is 1. The summed E-state index contributed by atoms with van der Waals surface area (Å²) in [7, 11) is 1.72. The van der Waals surface area contributed by atoms with Gasteiger partial charge in [0.1, 0.15) is 17.1 Å². The number of hydrogen-bond acceptors (Lipinski definition) is 9. The van der Waals surface area contributed by atoms with Gasteiger partial charge in [-0.15, -0.1) is 0 Å². The zero-order valence-corrected chi connectivity index (χ0v) is 16.4. The molecular formula is C18H20N10O2. The number of aliphatic hydroxyl groups excluding tert-OH is 1. The lowest BCUT2D eigenvalue weighted by atomic mass is 10.2. The van der Waals surface area contributed by atoms with Gasteiger partial charge >= 0.3 is 0 Å². The number of fused-ring (bicyclic) bond motifs is 1. The molecule has 0 saturated heterocycles. The normalized spacial score (nSPS) is 12.6. The van der Waals surface area contributed by atoms with Crippen molar-refractivity contribution in [3.8, 4) is 17.6 Å². The minimum Gasteiger partial charge on any atom is -0.504 e. The molecule has 3 rings (SSSR count). The Morgan fingerprint density at radius 2 is 2.17 bits per heavy atom. The molecule has 6 N–H and O–H groups in total. The van der Waals surface area contributed by atoms with Crippen molar-refractivity contribution in [2.24, 2.45) is 23.5 Å². The molecule has 3 aromatic heterocycles. The number of nitriles is 1. The molecule has 3 heterocycles. The van der Waals surface area contributed by atoms with Crippen LogP contribution in [0, 0.1) is 11.3 Å². The van der Waals surface area contributed by atoms with Crippen molar-refractivity contribution >= 4 is 22.5 Å². The second-order valence-corrected chi connectivity index (χ2v) is 6.45. The maximum absolute atomic E-state index is 11.7. The van der Waals surface area contributed by atoms with E-state index in [-0.39, 0.29) is 34.5 Å². The number of aliphatic hydroxyl groups is 1. The number of hydrogen-bond donors (Lipinski definition) is 4. The van der Waals surface area contributed by atoms with Crippen LogP contribution >= 0.6 is 0 Å². The molecule has 0 bridgehead atoms. The van der Waals surface area contributed by atoms with E-state index in [0.717, 1.165) is 0 Å². The molecule has 3 aromatic rings. The van der Waals surface area contributed by atoms with Gasteiger partial charge < -0.3 is 16.6 Å². The molecule has 1 amide bonds. The van der Waals surface area contributed by atoms with Gasteiger partial charge in [-0.25, -0.2) is 9.97 Å². The SMILES string of the molecule is CC(N)=C(O)C(=NCCCC#N)c1nc(-c2nc(C(N)=O)cc3c2cnn3C)n[nH]1. The zero-order valence-electron chi connectivity index (χ0n) is 16.4. The number of nitrogens with one attached hydrogen (secondary N) is 1. The first-order chi connectivity index (χ1) is 14.3. The van der Waals surface area contributed by atoms with Gasteiger partial charge in [0.2, 0.25) is 5.82 Å². The van der Waals surface area contributed by atoms with Crippen molar-refractivity contribution in [1.82, 2.24) is 29.9 Å². The molecule has 12 heteroatoms. The smallest absolute Gasteiger partial charge is 0.267 e. The maximum atomic E-state index is 11.7. The Bertz CT molecular complexity index is 1210. The number of rotatable bonds is 7. The Balaban J connectivity index is 2.09. The van der Waals surface area contributed by atoms with E-state index in [0.29, 0.717) is 36.0 Å². The van der Waals surface area contributed by atoms with Crippen molar-refractivity contribution in [2.45, 2.75) is 19.8 Å². The molecule has 0 atom stereocenters.